The Morgan fingerprint density at radius 2 is 1.92 bits per heavy atom. The van der Waals surface area contributed by atoms with E-state index < -0.39 is 0 Å². The number of rotatable bonds is 8. The number of nitrogens with zero attached hydrogens (tertiary/aromatic N) is 2. The number of carbonyl (C=O) groups is 1. The highest BCUT2D eigenvalue weighted by Gasteiger charge is 2.21. The molecule has 1 amide bonds. The molecule has 4 nitrogen and oxygen atoms in total. The van der Waals surface area contributed by atoms with E-state index in [1.807, 2.05) is 30.2 Å². The van der Waals surface area contributed by atoms with Gasteiger partial charge in [0.2, 0.25) is 5.91 Å². The van der Waals surface area contributed by atoms with Crippen molar-refractivity contribution in [3.63, 3.8) is 0 Å². The van der Waals surface area contributed by atoms with E-state index in [1.54, 1.807) is 13.2 Å². The van der Waals surface area contributed by atoms with Gasteiger partial charge in [-0.2, -0.15) is 0 Å². The number of carbonyl (C=O) groups excluding carboxylic acids is 1. The summed E-state index contributed by atoms with van der Waals surface area (Å²) in [5, 5.41) is 0. The molecule has 0 aromatic heterocycles. The van der Waals surface area contributed by atoms with Gasteiger partial charge in [-0.1, -0.05) is 32.1 Å². The lowest BCUT2D eigenvalue weighted by Crippen LogP contribution is -2.39. The van der Waals surface area contributed by atoms with Gasteiger partial charge in [0.05, 0.1) is 7.11 Å². The number of allylic oxidation sites excluding steroid dienone is 1. The average molecular weight is 359 g/mol. The quantitative estimate of drug-likeness (QED) is 0.666. The van der Waals surface area contributed by atoms with Crippen LogP contribution in [-0.4, -0.2) is 56.0 Å². The lowest BCUT2D eigenvalue weighted by atomic mass is 9.96. The number of ether oxygens (including phenoxy) is 1. The Kier molecular flexibility index (Phi) is 8.17. The summed E-state index contributed by atoms with van der Waals surface area (Å²) >= 11 is 0. The largest absolute Gasteiger partial charge is 0.497 e. The van der Waals surface area contributed by atoms with E-state index in [-0.39, 0.29) is 5.91 Å². The van der Waals surface area contributed by atoms with Gasteiger partial charge in [0.25, 0.3) is 0 Å². The van der Waals surface area contributed by atoms with Crippen LogP contribution in [0.1, 0.15) is 32.3 Å². The van der Waals surface area contributed by atoms with Gasteiger partial charge in [-0.3, -0.25) is 4.79 Å². The van der Waals surface area contributed by atoms with Gasteiger partial charge in [0, 0.05) is 20.1 Å². The summed E-state index contributed by atoms with van der Waals surface area (Å²) < 4.78 is 5.21. The van der Waals surface area contributed by atoms with Crippen LogP contribution in [0.3, 0.4) is 0 Å². The minimum Gasteiger partial charge on any atom is -0.497 e. The molecule has 0 aliphatic carbocycles. The van der Waals surface area contributed by atoms with Gasteiger partial charge in [0.1, 0.15) is 5.75 Å². The summed E-state index contributed by atoms with van der Waals surface area (Å²) in [5.41, 5.74) is 1.36. The molecule has 1 heterocycles. The second-order valence-electron chi connectivity index (χ2n) is 7.70. The molecule has 1 aliphatic heterocycles. The molecule has 1 aromatic rings. The predicted octanol–water partition coefficient (Wildman–Crippen LogP) is 3.62. The standard InChI is InChI=1S/C22H34N2O2/c1-18(2)5-10-22(25)23(3)17-20-12-15-24(16-13-20)14-11-19-6-8-21(26-4)9-7-19/h5-10,18,20H,11-17H2,1-4H3. The third-order valence-corrected chi connectivity index (χ3v) is 5.11. The van der Waals surface area contributed by atoms with E-state index in [2.05, 4.69) is 30.9 Å². The molecule has 1 saturated heterocycles. The van der Waals surface area contributed by atoms with Crippen molar-refractivity contribution in [3.8, 4) is 5.75 Å². The maximum absolute atomic E-state index is 12.1. The molecular weight excluding hydrogens is 324 g/mol. The Morgan fingerprint density at radius 1 is 1.27 bits per heavy atom. The third kappa shape index (κ3) is 6.83. The van der Waals surface area contributed by atoms with Crippen molar-refractivity contribution >= 4 is 5.91 Å². The summed E-state index contributed by atoms with van der Waals surface area (Å²) in [4.78, 5) is 16.5. The molecule has 4 heteroatoms. The number of benzene rings is 1. The normalized spacial score (nSPS) is 16.3. The van der Waals surface area contributed by atoms with E-state index >= 15 is 0 Å². The average Bonchev–Trinajstić information content (AvgIpc) is 2.65. The number of likely N-dealkylation sites (tertiary alicyclic amines) is 1. The van der Waals surface area contributed by atoms with Crippen LogP contribution in [0.4, 0.5) is 0 Å². The van der Waals surface area contributed by atoms with Gasteiger partial charge in [-0.05, 0) is 68.0 Å². The van der Waals surface area contributed by atoms with Crippen LogP contribution in [0.5, 0.6) is 5.75 Å². The maximum Gasteiger partial charge on any atom is 0.245 e. The fraction of sp³-hybridized carbons (Fsp3) is 0.591. The molecule has 0 saturated carbocycles. The minimum absolute atomic E-state index is 0.126. The van der Waals surface area contributed by atoms with Crippen LogP contribution in [0.15, 0.2) is 36.4 Å². The lowest BCUT2D eigenvalue weighted by Gasteiger charge is -2.33. The Hall–Kier alpha value is -1.81. The summed E-state index contributed by atoms with van der Waals surface area (Å²) in [6, 6.07) is 8.36. The number of methoxy groups -OCH3 is 1. The smallest absolute Gasteiger partial charge is 0.245 e. The van der Waals surface area contributed by atoms with Crippen molar-refractivity contribution in [1.29, 1.82) is 0 Å². The Labute approximate surface area is 158 Å². The van der Waals surface area contributed by atoms with Crippen molar-refractivity contribution < 1.29 is 9.53 Å². The van der Waals surface area contributed by atoms with Crippen LogP contribution >= 0.6 is 0 Å². The fourth-order valence-corrected chi connectivity index (χ4v) is 3.35. The highest BCUT2D eigenvalue weighted by atomic mass is 16.5. The molecule has 0 atom stereocenters. The molecule has 26 heavy (non-hydrogen) atoms. The van der Waals surface area contributed by atoms with Crippen LogP contribution in [0.2, 0.25) is 0 Å². The van der Waals surface area contributed by atoms with Gasteiger partial charge in [-0.15, -0.1) is 0 Å². The van der Waals surface area contributed by atoms with E-state index in [1.165, 1.54) is 18.4 Å². The first kappa shape index (κ1) is 20.5. The molecular formula is C22H34N2O2. The summed E-state index contributed by atoms with van der Waals surface area (Å²) in [7, 11) is 3.62. The SMILES string of the molecule is COc1ccc(CCN2CCC(CN(C)C(=O)C=CC(C)C)CC2)cc1. The zero-order valence-electron chi connectivity index (χ0n) is 16.8. The fourth-order valence-electron chi connectivity index (χ4n) is 3.35. The van der Waals surface area contributed by atoms with Gasteiger partial charge in [0.15, 0.2) is 0 Å². The highest BCUT2D eigenvalue weighted by molar-refractivity contribution is 5.87. The van der Waals surface area contributed by atoms with E-state index in [0.717, 1.165) is 38.3 Å². The first-order chi connectivity index (χ1) is 12.5. The van der Waals surface area contributed by atoms with Crippen molar-refractivity contribution in [3.05, 3.63) is 42.0 Å². The summed E-state index contributed by atoms with van der Waals surface area (Å²) in [5.74, 6) is 2.08. The summed E-state index contributed by atoms with van der Waals surface area (Å²) in [6.07, 6.45) is 7.12. The van der Waals surface area contributed by atoms with Crippen molar-refractivity contribution in [1.82, 2.24) is 9.80 Å². The van der Waals surface area contributed by atoms with E-state index in [4.69, 9.17) is 4.74 Å². The molecule has 0 spiro atoms. The third-order valence-electron chi connectivity index (χ3n) is 5.11. The number of piperidine rings is 1. The molecule has 0 radical (unpaired) electrons. The van der Waals surface area contributed by atoms with Crippen molar-refractivity contribution in [2.24, 2.45) is 11.8 Å². The first-order valence-corrected chi connectivity index (χ1v) is 9.76. The molecule has 1 aliphatic rings. The zero-order valence-corrected chi connectivity index (χ0v) is 16.8. The topological polar surface area (TPSA) is 32.8 Å². The second-order valence-corrected chi connectivity index (χ2v) is 7.70. The molecule has 0 unspecified atom stereocenters. The zero-order chi connectivity index (χ0) is 18.9. The first-order valence-electron chi connectivity index (χ1n) is 9.76. The molecule has 1 fully saturated rings. The number of likely N-dealkylation sites (N-methyl/N-ethyl adjacent to an activating group) is 1. The van der Waals surface area contributed by atoms with E-state index in [9.17, 15) is 4.79 Å². The highest BCUT2D eigenvalue weighted by Crippen LogP contribution is 2.19. The van der Waals surface area contributed by atoms with Crippen LogP contribution < -0.4 is 4.74 Å². The lowest BCUT2D eigenvalue weighted by molar-refractivity contribution is -0.125. The Bertz CT molecular complexity index is 572. The summed E-state index contributed by atoms with van der Waals surface area (Å²) in [6.45, 7) is 8.41. The molecule has 144 valence electrons. The van der Waals surface area contributed by atoms with Gasteiger partial charge >= 0.3 is 0 Å². The Balaban J connectivity index is 1.68. The number of amides is 1. The molecule has 0 N–H and O–H groups in total. The van der Waals surface area contributed by atoms with Gasteiger partial charge in [-0.25, -0.2) is 0 Å². The number of hydrogen-bond donors (Lipinski definition) is 0. The number of hydrogen-bond acceptors (Lipinski definition) is 3. The minimum atomic E-state index is 0.126. The van der Waals surface area contributed by atoms with Crippen LogP contribution in [0.25, 0.3) is 0 Å². The maximum atomic E-state index is 12.1. The second kappa shape index (κ2) is 10.4. The van der Waals surface area contributed by atoms with Crippen LogP contribution in [0, 0.1) is 11.8 Å². The Morgan fingerprint density at radius 3 is 2.50 bits per heavy atom. The van der Waals surface area contributed by atoms with Gasteiger partial charge < -0.3 is 14.5 Å². The van der Waals surface area contributed by atoms with Crippen molar-refractivity contribution in [2.45, 2.75) is 33.1 Å². The molecule has 1 aromatic carbocycles. The monoisotopic (exact) mass is 358 g/mol. The molecule has 0 bridgehead atoms. The predicted molar refractivity (Wildman–Crippen MR) is 107 cm³/mol. The van der Waals surface area contributed by atoms with Crippen molar-refractivity contribution in [2.75, 3.05) is 40.3 Å². The molecule has 2 rings (SSSR count). The van der Waals surface area contributed by atoms with E-state index in [0.29, 0.717) is 11.8 Å². The van der Waals surface area contributed by atoms with Crippen LogP contribution in [-0.2, 0) is 11.2 Å².